The van der Waals surface area contributed by atoms with E-state index >= 15 is 0 Å². The Balaban J connectivity index is 2.51. The molecular formula is C25H40O7. The van der Waals surface area contributed by atoms with Gasteiger partial charge in [-0.3, -0.25) is 19.2 Å². The van der Waals surface area contributed by atoms with Gasteiger partial charge >= 0.3 is 17.9 Å². The third-order valence-electron chi connectivity index (χ3n) is 8.38. The molecule has 0 heterocycles. The minimum absolute atomic E-state index is 0.00345. The second-order valence-electron chi connectivity index (χ2n) is 10.4. The molecule has 182 valence electrons. The average molecular weight is 453 g/mol. The second kappa shape index (κ2) is 10.3. The quantitative estimate of drug-likeness (QED) is 0.406. The molecule has 2 fully saturated rings. The van der Waals surface area contributed by atoms with Crippen LogP contribution < -0.4 is 0 Å². The van der Waals surface area contributed by atoms with Crippen LogP contribution in [-0.2, 0) is 33.4 Å². The highest BCUT2D eigenvalue weighted by Crippen LogP contribution is 2.63. The largest absolute Gasteiger partial charge is 0.469 e. The molecule has 7 nitrogen and oxygen atoms in total. The van der Waals surface area contributed by atoms with Crippen molar-refractivity contribution in [3.63, 3.8) is 0 Å². The van der Waals surface area contributed by atoms with E-state index in [4.69, 9.17) is 14.2 Å². The van der Waals surface area contributed by atoms with Crippen molar-refractivity contribution >= 4 is 23.7 Å². The number of carbonyl (C=O) groups excluding carboxylic acids is 4. The zero-order valence-electron chi connectivity index (χ0n) is 20.7. The highest BCUT2D eigenvalue weighted by atomic mass is 16.5. The normalized spacial score (nSPS) is 33.1. The maximum absolute atomic E-state index is 13.1. The molecule has 0 saturated heterocycles. The van der Waals surface area contributed by atoms with Crippen LogP contribution in [0.2, 0.25) is 0 Å². The lowest BCUT2D eigenvalue weighted by molar-refractivity contribution is -0.180. The van der Waals surface area contributed by atoms with E-state index in [1.807, 2.05) is 20.8 Å². The van der Waals surface area contributed by atoms with Crippen LogP contribution in [0.25, 0.3) is 0 Å². The minimum atomic E-state index is -0.638. The predicted octanol–water partition coefficient (Wildman–Crippen LogP) is 3.97. The molecule has 0 aliphatic heterocycles. The zero-order chi connectivity index (χ0) is 24.3. The smallest absolute Gasteiger partial charge is 0.311 e. The van der Waals surface area contributed by atoms with E-state index in [-0.39, 0.29) is 53.2 Å². The lowest BCUT2D eigenvalue weighted by atomic mass is 9.45. The van der Waals surface area contributed by atoms with Crippen LogP contribution in [0.4, 0.5) is 0 Å². The molecule has 0 unspecified atom stereocenters. The lowest BCUT2D eigenvalue weighted by Gasteiger charge is -2.59. The maximum Gasteiger partial charge on any atom is 0.311 e. The fraction of sp³-hybridized carbons (Fsp3) is 0.840. The molecule has 0 amide bonds. The Hall–Kier alpha value is -1.92. The molecule has 7 heteroatoms. The molecule has 0 aromatic rings. The van der Waals surface area contributed by atoms with Gasteiger partial charge in [-0.15, -0.1) is 0 Å². The molecule has 2 aliphatic rings. The predicted molar refractivity (Wildman–Crippen MR) is 118 cm³/mol. The Kier molecular flexibility index (Phi) is 8.51. The van der Waals surface area contributed by atoms with Gasteiger partial charge < -0.3 is 14.2 Å². The van der Waals surface area contributed by atoms with Gasteiger partial charge in [0.05, 0.1) is 39.1 Å². The number of Topliss-reactive ketones (excluding diaryl/α,β-unsaturated/α-hetero) is 1. The Morgan fingerprint density at radius 3 is 2.12 bits per heavy atom. The number of carbonyl (C=O) groups is 4. The summed E-state index contributed by atoms with van der Waals surface area (Å²) in [6.45, 7) is 7.77. The van der Waals surface area contributed by atoms with Gasteiger partial charge in [0.1, 0.15) is 5.78 Å². The zero-order valence-corrected chi connectivity index (χ0v) is 20.7. The Morgan fingerprint density at radius 2 is 1.59 bits per heavy atom. The molecule has 0 spiro atoms. The molecule has 6 atom stereocenters. The molecule has 2 aliphatic carbocycles. The number of methoxy groups -OCH3 is 3. The number of hydrogen-bond donors (Lipinski definition) is 0. The molecule has 2 saturated carbocycles. The number of ether oxygens (including phenoxy) is 3. The first-order chi connectivity index (χ1) is 15.0. The second-order valence-corrected chi connectivity index (χ2v) is 10.4. The molecule has 32 heavy (non-hydrogen) atoms. The van der Waals surface area contributed by atoms with Gasteiger partial charge in [-0.05, 0) is 56.3 Å². The summed E-state index contributed by atoms with van der Waals surface area (Å²) in [6.07, 6.45) is 4.13. The van der Waals surface area contributed by atoms with Gasteiger partial charge in [0.15, 0.2) is 0 Å². The first-order valence-corrected chi connectivity index (χ1v) is 11.7. The van der Waals surface area contributed by atoms with E-state index in [9.17, 15) is 19.2 Å². The average Bonchev–Trinajstić information content (AvgIpc) is 2.77. The van der Waals surface area contributed by atoms with Crippen LogP contribution in [-0.4, -0.2) is 45.0 Å². The fourth-order valence-electron chi connectivity index (χ4n) is 6.72. The van der Waals surface area contributed by atoms with Crippen LogP contribution in [0.3, 0.4) is 0 Å². The molecule has 0 bridgehead atoms. The number of ketones is 1. The number of fused-ring (bicyclic) bond motifs is 1. The summed E-state index contributed by atoms with van der Waals surface area (Å²) in [7, 11) is 4.13. The summed E-state index contributed by atoms with van der Waals surface area (Å²) in [5.41, 5.74) is -0.995. The Morgan fingerprint density at radius 1 is 0.938 bits per heavy atom. The van der Waals surface area contributed by atoms with Crippen molar-refractivity contribution in [2.24, 2.45) is 40.4 Å². The first kappa shape index (κ1) is 26.3. The van der Waals surface area contributed by atoms with Crippen LogP contribution >= 0.6 is 0 Å². The van der Waals surface area contributed by atoms with E-state index in [1.54, 1.807) is 0 Å². The molecular weight excluding hydrogens is 412 g/mol. The Bertz CT molecular complexity index is 730. The van der Waals surface area contributed by atoms with Gasteiger partial charge in [0.2, 0.25) is 0 Å². The first-order valence-electron chi connectivity index (χ1n) is 11.7. The molecule has 0 radical (unpaired) electrons. The van der Waals surface area contributed by atoms with Crippen LogP contribution in [0.5, 0.6) is 0 Å². The highest BCUT2D eigenvalue weighted by molar-refractivity contribution is 5.87. The van der Waals surface area contributed by atoms with Gasteiger partial charge in [0.25, 0.3) is 0 Å². The van der Waals surface area contributed by atoms with Gasteiger partial charge in [-0.25, -0.2) is 0 Å². The Labute approximate surface area is 191 Å². The van der Waals surface area contributed by atoms with Crippen molar-refractivity contribution in [1.82, 2.24) is 0 Å². The summed E-state index contributed by atoms with van der Waals surface area (Å²) in [5.74, 6) is -2.24. The number of hydrogen-bond acceptors (Lipinski definition) is 7. The highest BCUT2D eigenvalue weighted by Gasteiger charge is 2.60. The monoisotopic (exact) mass is 452 g/mol. The summed E-state index contributed by atoms with van der Waals surface area (Å²) < 4.78 is 15.2. The topological polar surface area (TPSA) is 96.0 Å². The van der Waals surface area contributed by atoms with Crippen molar-refractivity contribution in [1.29, 1.82) is 0 Å². The summed E-state index contributed by atoms with van der Waals surface area (Å²) in [5, 5.41) is 0. The summed E-state index contributed by atoms with van der Waals surface area (Å²) >= 11 is 0. The van der Waals surface area contributed by atoms with Crippen molar-refractivity contribution < 1.29 is 33.4 Å². The minimum Gasteiger partial charge on any atom is -0.469 e. The third-order valence-corrected chi connectivity index (χ3v) is 8.38. The fourth-order valence-corrected chi connectivity index (χ4v) is 6.72. The van der Waals surface area contributed by atoms with Crippen LogP contribution in [0.15, 0.2) is 0 Å². The third kappa shape index (κ3) is 4.86. The van der Waals surface area contributed by atoms with E-state index in [2.05, 4.69) is 6.92 Å². The van der Waals surface area contributed by atoms with E-state index in [1.165, 1.54) is 21.3 Å². The van der Waals surface area contributed by atoms with Crippen molar-refractivity contribution in [3.8, 4) is 0 Å². The molecule has 0 aromatic heterocycles. The van der Waals surface area contributed by atoms with Crippen LogP contribution in [0, 0.1) is 40.4 Å². The van der Waals surface area contributed by atoms with Crippen LogP contribution in [0.1, 0.15) is 72.6 Å². The number of esters is 3. The van der Waals surface area contributed by atoms with Crippen molar-refractivity contribution in [2.75, 3.05) is 21.3 Å². The summed E-state index contributed by atoms with van der Waals surface area (Å²) in [4.78, 5) is 50.8. The summed E-state index contributed by atoms with van der Waals surface area (Å²) in [6, 6.07) is 0. The van der Waals surface area contributed by atoms with Gasteiger partial charge in [-0.2, -0.15) is 0 Å². The van der Waals surface area contributed by atoms with Crippen molar-refractivity contribution in [3.05, 3.63) is 0 Å². The SMILES string of the molecule is COC(=O)C[C@@H](C[C@H]1[C@H](C(=O)OC)CC[C@@H]2[C@]1(C)CCC[C@@]2(C)C(=O)OC)C(=O)C(C)C. The van der Waals surface area contributed by atoms with E-state index < -0.39 is 17.3 Å². The number of rotatable bonds is 8. The maximum atomic E-state index is 13.1. The van der Waals surface area contributed by atoms with Crippen molar-refractivity contribution in [2.45, 2.75) is 72.6 Å². The molecule has 2 rings (SSSR count). The van der Waals surface area contributed by atoms with E-state index in [0.29, 0.717) is 12.8 Å². The molecule has 0 aromatic carbocycles. The van der Waals surface area contributed by atoms with E-state index in [0.717, 1.165) is 25.7 Å². The standard InChI is InChI=1S/C25H40O7/c1-15(2)21(27)16(14-20(26)30-5)13-18-17(22(28)31-6)9-10-19-24(18,3)11-8-12-25(19,4)23(29)32-7/h15-19H,8-14H2,1-7H3/t16-,17-,18+,19-,24-,25-/m1/s1. The lowest BCUT2D eigenvalue weighted by Crippen LogP contribution is -2.56. The molecule has 0 N–H and O–H groups in total. The van der Waals surface area contributed by atoms with Gasteiger partial charge in [-0.1, -0.05) is 27.2 Å². The van der Waals surface area contributed by atoms with Gasteiger partial charge in [0, 0.05) is 11.8 Å².